The summed E-state index contributed by atoms with van der Waals surface area (Å²) in [6, 6.07) is 14.2. The van der Waals surface area contributed by atoms with Crippen molar-refractivity contribution in [2.75, 3.05) is 0 Å². The number of fused-ring (bicyclic) bond motifs is 1. The quantitative estimate of drug-likeness (QED) is 0.709. The van der Waals surface area contributed by atoms with Gasteiger partial charge in [-0.05, 0) is 48.0 Å². The minimum Gasteiger partial charge on any atom is -0.508 e. The molecule has 21 heavy (non-hydrogen) atoms. The van der Waals surface area contributed by atoms with Crippen LogP contribution in [0.15, 0.2) is 57.8 Å². The van der Waals surface area contributed by atoms with Gasteiger partial charge in [0.15, 0.2) is 0 Å². The van der Waals surface area contributed by atoms with E-state index in [0.29, 0.717) is 5.58 Å². The predicted molar refractivity (Wildman–Crippen MR) is 80.8 cm³/mol. The summed E-state index contributed by atoms with van der Waals surface area (Å²) in [7, 11) is 0. The van der Waals surface area contributed by atoms with E-state index in [1.807, 2.05) is 24.3 Å². The number of hydrogen-bond donors (Lipinski definition) is 2. The Kier molecular flexibility index (Phi) is 3.58. The number of aromatic carboxylic acids is 1. The van der Waals surface area contributed by atoms with Crippen molar-refractivity contribution in [3.8, 4) is 5.75 Å². The van der Waals surface area contributed by atoms with Crippen LogP contribution in [0.25, 0.3) is 11.0 Å². The van der Waals surface area contributed by atoms with Crippen LogP contribution >= 0.6 is 11.8 Å². The Labute approximate surface area is 125 Å². The Morgan fingerprint density at radius 3 is 2.57 bits per heavy atom. The first-order valence-corrected chi connectivity index (χ1v) is 7.28. The maximum absolute atomic E-state index is 10.9. The predicted octanol–water partition coefficient (Wildman–Crippen LogP) is 4.13. The molecule has 0 saturated carbocycles. The number of carboxylic acid groups (broad SMARTS) is 1. The van der Waals surface area contributed by atoms with Crippen LogP contribution in [0.4, 0.5) is 0 Å². The fraction of sp³-hybridized carbons (Fsp3) is 0.0625. The van der Waals surface area contributed by atoms with Crippen molar-refractivity contribution in [3.05, 3.63) is 59.9 Å². The summed E-state index contributed by atoms with van der Waals surface area (Å²) in [4.78, 5) is 11.9. The van der Waals surface area contributed by atoms with Crippen LogP contribution in [-0.2, 0) is 5.75 Å². The molecule has 5 heteroatoms. The maximum atomic E-state index is 10.9. The monoisotopic (exact) mass is 300 g/mol. The molecule has 3 rings (SSSR count). The lowest BCUT2D eigenvalue weighted by molar-refractivity contribution is 0.0665. The average Bonchev–Trinajstić information content (AvgIpc) is 2.90. The highest BCUT2D eigenvalue weighted by Gasteiger charge is 2.10. The van der Waals surface area contributed by atoms with Crippen molar-refractivity contribution in [1.29, 1.82) is 0 Å². The van der Waals surface area contributed by atoms with E-state index in [4.69, 9.17) is 9.52 Å². The number of phenolic OH excluding ortho intramolecular Hbond substituents is 1. The molecular formula is C16H12O4S. The average molecular weight is 300 g/mol. The van der Waals surface area contributed by atoms with Crippen LogP contribution in [0, 0.1) is 0 Å². The summed E-state index contributed by atoms with van der Waals surface area (Å²) in [5, 5.41) is 18.9. The van der Waals surface area contributed by atoms with Crippen molar-refractivity contribution in [2.24, 2.45) is 0 Å². The number of phenols is 1. The van der Waals surface area contributed by atoms with Crippen molar-refractivity contribution >= 4 is 28.7 Å². The second-order valence-corrected chi connectivity index (χ2v) is 5.62. The Morgan fingerprint density at radius 1 is 1.10 bits per heavy atom. The van der Waals surface area contributed by atoms with Crippen LogP contribution in [0.1, 0.15) is 16.1 Å². The SMILES string of the molecule is O=C(O)c1cc2cc(CSc3ccc(O)cc3)ccc2o1. The lowest BCUT2D eigenvalue weighted by Gasteiger charge is -2.02. The molecule has 0 aliphatic heterocycles. The van der Waals surface area contributed by atoms with Gasteiger partial charge in [-0.3, -0.25) is 0 Å². The molecule has 0 bridgehead atoms. The van der Waals surface area contributed by atoms with Crippen molar-refractivity contribution in [2.45, 2.75) is 10.6 Å². The molecule has 3 aromatic rings. The van der Waals surface area contributed by atoms with Gasteiger partial charge < -0.3 is 14.6 Å². The van der Waals surface area contributed by atoms with Gasteiger partial charge >= 0.3 is 5.97 Å². The molecule has 4 nitrogen and oxygen atoms in total. The number of thioether (sulfide) groups is 1. The van der Waals surface area contributed by atoms with E-state index in [1.165, 1.54) is 6.07 Å². The van der Waals surface area contributed by atoms with Crippen LogP contribution in [0.5, 0.6) is 5.75 Å². The molecule has 0 radical (unpaired) electrons. The van der Waals surface area contributed by atoms with Gasteiger partial charge in [0.1, 0.15) is 11.3 Å². The summed E-state index contributed by atoms with van der Waals surface area (Å²) in [6.07, 6.45) is 0. The molecule has 106 valence electrons. The number of carbonyl (C=O) groups is 1. The normalized spacial score (nSPS) is 10.9. The van der Waals surface area contributed by atoms with E-state index in [1.54, 1.807) is 30.0 Å². The smallest absolute Gasteiger partial charge is 0.371 e. The van der Waals surface area contributed by atoms with Gasteiger partial charge in [0.2, 0.25) is 5.76 Å². The minimum absolute atomic E-state index is 0.0478. The van der Waals surface area contributed by atoms with Crippen LogP contribution in [0.3, 0.4) is 0 Å². The summed E-state index contributed by atoms with van der Waals surface area (Å²) < 4.78 is 5.23. The summed E-state index contributed by atoms with van der Waals surface area (Å²) >= 11 is 1.65. The minimum atomic E-state index is -1.06. The Hall–Kier alpha value is -2.40. The molecule has 0 aliphatic rings. The summed E-state index contributed by atoms with van der Waals surface area (Å²) in [6.45, 7) is 0. The molecule has 0 amide bonds. The van der Waals surface area contributed by atoms with Crippen LogP contribution < -0.4 is 0 Å². The van der Waals surface area contributed by atoms with Gasteiger partial charge in [0.05, 0.1) is 0 Å². The number of carboxylic acids is 1. The zero-order valence-corrected chi connectivity index (χ0v) is 11.8. The highest BCUT2D eigenvalue weighted by molar-refractivity contribution is 7.98. The summed E-state index contributed by atoms with van der Waals surface area (Å²) in [5.41, 5.74) is 1.66. The fourth-order valence-electron chi connectivity index (χ4n) is 2.00. The second kappa shape index (κ2) is 5.54. The molecule has 2 N–H and O–H groups in total. The number of furan rings is 1. The molecule has 0 atom stereocenters. The first kappa shape index (κ1) is 13.6. The molecule has 1 aromatic heterocycles. The van der Waals surface area contributed by atoms with Crippen LogP contribution in [-0.4, -0.2) is 16.2 Å². The van der Waals surface area contributed by atoms with Crippen LogP contribution in [0.2, 0.25) is 0 Å². The highest BCUT2D eigenvalue weighted by atomic mass is 32.2. The fourth-order valence-corrected chi connectivity index (χ4v) is 2.84. The molecule has 0 spiro atoms. The molecule has 0 aliphatic carbocycles. The van der Waals surface area contributed by atoms with E-state index in [-0.39, 0.29) is 11.5 Å². The Bertz CT molecular complexity index is 790. The largest absolute Gasteiger partial charge is 0.508 e. The lowest BCUT2D eigenvalue weighted by atomic mass is 10.2. The first-order valence-electron chi connectivity index (χ1n) is 6.29. The molecular weight excluding hydrogens is 288 g/mol. The van der Waals surface area contributed by atoms with E-state index in [0.717, 1.165) is 21.6 Å². The van der Waals surface area contributed by atoms with Gasteiger partial charge in [-0.1, -0.05) is 6.07 Å². The number of rotatable bonds is 4. The van der Waals surface area contributed by atoms with E-state index < -0.39 is 5.97 Å². The molecule has 0 saturated heterocycles. The van der Waals surface area contributed by atoms with E-state index in [2.05, 4.69) is 0 Å². The third kappa shape index (κ3) is 3.03. The van der Waals surface area contributed by atoms with Gasteiger partial charge in [0, 0.05) is 16.0 Å². The van der Waals surface area contributed by atoms with E-state index in [9.17, 15) is 9.90 Å². The number of aromatic hydroxyl groups is 1. The zero-order chi connectivity index (χ0) is 14.8. The highest BCUT2D eigenvalue weighted by Crippen LogP contribution is 2.27. The van der Waals surface area contributed by atoms with Gasteiger partial charge in [-0.2, -0.15) is 0 Å². The zero-order valence-electron chi connectivity index (χ0n) is 10.9. The number of hydrogen-bond acceptors (Lipinski definition) is 4. The summed E-state index contributed by atoms with van der Waals surface area (Å²) in [5.74, 6) is -0.103. The molecule has 1 heterocycles. The number of benzene rings is 2. The molecule has 0 fully saturated rings. The first-order chi connectivity index (χ1) is 10.1. The topological polar surface area (TPSA) is 70.7 Å². The Morgan fingerprint density at radius 2 is 1.86 bits per heavy atom. The van der Waals surface area contributed by atoms with Gasteiger partial charge in [0.25, 0.3) is 0 Å². The van der Waals surface area contributed by atoms with Gasteiger partial charge in [-0.15, -0.1) is 11.8 Å². The lowest BCUT2D eigenvalue weighted by Crippen LogP contribution is -1.91. The van der Waals surface area contributed by atoms with Crippen molar-refractivity contribution in [3.63, 3.8) is 0 Å². The molecule has 2 aromatic carbocycles. The van der Waals surface area contributed by atoms with Crippen molar-refractivity contribution < 1.29 is 19.4 Å². The molecule has 0 unspecified atom stereocenters. The van der Waals surface area contributed by atoms with E-state index >= 15 is 0 Å². The Balaban J connectivity index is 1.77. The third-order valence-corrected chi connectivity index (χ3v) is 4.12. The van der Waals surface area contributed by atoms with Crippen molar-refractivity contribution in [1.82, 2.24) is 0 Å². The maximum Gasteiger partial charge on any atom is 0.371 e. The van der Waals surface area contributed by atoms with Gasteiger partial charge in [-0.25, -0.2) is 4.79 Å². The standard InChI is InChI=1S/C16H12O4S/c17-12-2-4-13(5-3-12)21-9-10-1-6-14-11(7-10)8-15(20-14)16(18)19/h1-8,17H,9H2,(H,18,19). The second-order valence-electron chi connectivity index (χ2n) is 4.57. The third-order valence-electron chi connectivity index (χ3n) is 3.03.